The van der Waals surface area contributed by atoms with E-state index in [0.717, 1.165) is 32.1 Å². The zero-order valence-corrected chi connectivity index (χ0v) is 15.2. The average molecular weight is 380 g/mol. The second kappa shape index (κ2) is 8.47. The van der Waals surface area contributed by atoms with Crippen LogP contribution in [0.2, 0.25) is 10.0 Å². The molecule has 1 aliphatic rings. The van der Waals surface area contributed by atoms with Crippen molar-refractivity contribution >= 4 is 40.7 Å². The molecule has 0 atom stereocenters. The number of piperazine rings is 1. The molecule has 0 radical (unpaired) electrons. The van der Waals surface area contributed by atoms with Crippen LogP contribution in [-0.2, 0) is 4.79 Å². The molecule has 2 heterocycles. The third kappa shape index (κ3) is 4.81. The van der Waals surface area contributed by atoms with E-state index >= 15 is 0 Å². The number of amides is 1. The molecule has 25 heavy (non-hydrogen) atoms. The number of hydrogen-bond donors (Lipinski definition) is 1. The minimum absolute atomic E-state index is 0.0937. The lowest BCUT2D eigenvalue weighted by atomic mass is 10.2. The summed E-state index contributed by atoms with van der Waals surface area (Å²) in [6.07, 6.45) is 3.89. The maximum Gasteiger partial charge on any atom is 0.225 e. The van der Waals surface area contributed by atoms with Gasteiger partial charge in [-0.1, -0.05) is 29.3 Å². The summed E-state index contributed by atoms with van der Waals surface area (Å²) in [6.45, 7) is 4.14. The molecule has 1 aromatic heterocycles. The first-order chi connectivity index (χ1) is 12.1. The predicted molar refractivity (Wildman–Crippen MR) is 100 cm³/mol. The standard InChI is InChI=1S/C17H19Cl2N5O/c18-13-3-1-4-14(19)16(13)22-15(25)5-8-23-9-11-24(12-10-23)17-20-6-2-7-21-17/h1-4,6-7H,5,8-12H2,(H,22,25). The number of nitrogens with zero attached hydrogens (tertiary/aromatic N) is 4. The van der Waals surface area contributed by atoms with Crippen molar-refractivity contribution in [2.24, 2.45) is 0 Å². The van der Waals surface area contributed by atoms with Gasteiger partial charge in [-0.05, 0) is 18.2 Å². The van der Waals surface area contributed by atoms with E-state index in [2.05, 4.69) is 25.1 Å². The van der Waals surface area contributed by atoms with Gasteiger partial charge >= 0.3 is 0 Å². The van der Waals surface area contributed by atoms with Crippen molar-refractivity contribution in [2.75, 3.05) is 42.9 Å². The van der Waals surface area contributed by atoms with E-state index in [9.17, 15) is 4.79 Å². The quantitative estimate of drug-likeness (QED) is 0.864. The molecule has 1 aromatic carbocycles. The lowest BCUT2D eigenvalue weighted by Gasteiger charge is -2.34. The van der Waals surface area contributed by atoms with Crippen molar-refractivity contribution in [2.45, 2.75) is 6.42 Å². The summed E-state index contributed by atoms with van der Waals surface area (Å²) in [4.78, 5) is 25.1. The molecule has 0 bridgehead atoms. The molecule has 3 rings (SSSR count). The van der Waals surface area contributed by atoms with E-state index < -0.39 is 0 Å². The summed E-state index contributed by atoms with van der Waals surface area (Å²) < 4.78 is 0. The fourth-order valence-electron chi connectivity index (χ4n) is 2.70. The number of nitrogens with one attached hydrogen (secondary N) is 1. The number of aromatic nitrogens is 2. The minimum Gasteiger partial charge on any atom is -0.338 e. The Balaban J connectivity index is 1.45. The lowest BCUT2D eigenvalue weighted by Crippen LogP contribution is -2.47. The van der Waals surface area contributed by atoms with Gasteiger partial charge < -0.3 is 10.2 Å². The van der Waals surface area contributed by atoms with Gasteiger partial charge in [-0.15, -0.1) is 0 Å². The highest BCUT2D eigenvalue weighted by atomic mass is 35.5. The molecule has 0 saturated carbocycles. The highest BCUT2D eigenvalue weighted by Crippen LogP contribution is 2.29. The zero-order valence-electron chi connectivity index (χ0n) is 13.7. The van der Waals surface area contributed by atoms with Gasteiger partial charge in [0.25, 0.3) is 0 Å². The van der Waals surface area contributed by atoms with E-state index in [1.165, 1.54) is 0 Å². The lowest BCUT2D eigenvalue weighted by molar-refractivity contribution is -0.116. The Hall–Kier alpha value is -1.89. The van der Waals surface area contributed by atoms with Gasteiger partial charge in [-0.2, -0.15) is 0 Å². The van der Waals surface area contributed by atoms with Crippen LogP contribution in [0, 0.1) is 0 Å². The SMILES string of the molecule is O=C(CCN1CCN(c2ncccn2)CC1)Nc1c(Cl)cccc1Cl. The number of halogens is 2. The highest BCUT2D eigenvalue weighted by Gasteiger charge is 2.19. The van der Waals surface area contributed by atoms with E-state index in [4.69, 9.17) is 23.2 Å². The Morgan fingerprint density at radius 3 is 2.32 bits per heavy atom. The van der Waals surface area contributed by atoms with Gasteiger partial charge in [-0.3, -0.25) is 9.69 Å². The van der Waals surface area contributed by atoms with Crippen molar-refractivity contribution in [1.29, 1.82) is 0 Å². The van der Waals surface area contributed by atoms with Gasteiger partial charge in [0.2, 0.25) is 11.9 Å². The fourth-order valence-corrected chi connectivity index (χ4v) is 3.20. The summed E-state index contributed by atoms with van der Waals surface area (Å²) in [5, 5.41) is 3.68. The second-order valence-corrected chi connectivity index (χ2v) is 6.59. The number of para-hydroxylation sites is 1. The molecule has 132 valence electrons. The Morgan fingerprint density at radius 2 is 1.68 bits per heavy atom. The molecule has 0 aliphatic carbocycles. The van der Waals surface area contributed by atoms with E-state index in [-0.39, 0.29) is 5.91 Å². The third-order valence-electron chi connectivity index (χ3n) is 4.09. The molecular formula is C17H19Cl2N5O. The Bertz CT molecular complexity index is 700. The van der Waals surface area contributed by atoms with Gasteiger partial charge in [0.05, 0.1) is 15.7 Å². The molecule has 1 fully saturated rings. The molecule has 1 N–H and O–H groups in total. The number of rotatable bonds is 5. The van der Waals surface area contributed by atoms with Crippen molar-refractivity contribution < 1.29 is 4.79 Å². The number of benzene rings is 1. The first-order valence-electron chi connectivity index (χ1n) is 8.11. The van der Waals surface area contributed by atoms with E-state index in [1.54, 1.807) is 30.6 Å². The first-order valence-corrected chi connectivity index (χ1v) is 8.87. The van der Waals surface area contributed by atoms with Gasteiger partial charge in [-0.25, -0.2) is 9.97 Å². The van der Waals surface area contributed by atoms with Crippen molar-refractivity contribution in [3.8, 4) is 0 Å². The normalized spacial score (nSPS) is 15.2. The molecule has 1 amide bonds. The van der Waals surface area contributed by atoms with Crippen LogP contribution in [0.1, 0.15) is 6.42 Å². The molecule has 1 aliphatic heterocycles. The zero-order chi connectivity index (χ0) is 17.6. The highest BCUT2D eigenvalue weighted by molar-refractivity contribution is 6.39. The molecule has 0 spiro atoms. The number of hydrogen-bond acceptors (Lipinski definition) is 5. The third-order valence-corrected chi connectivity index (χ3v) is 4.72. The van der Waals surface area contributed by atoms with Crippen LogP contribution in [0.4, 0.5) is 11.6 Å². The van der Waals surface area contributed by atoms with Gasteiger partial charge in [0.1, 0.15) is 0 Å². The second-order valence-electron chi connectivity index (χ2n) is 5.77. The summed E-state index contributed by atoms with van der Waals surface area (Å²) in [5.41, 5.74) is 0.474. The number of carbonyl (C=O) groups excluding carboxylic acids is 1. The smallest absolute Gasteiger partial charge is 0.225 e. The average Bonchev–Trinajstić information content (AvgIpc) is 2.64. The van der Waals surface area contributed by atoms with Crippen LogP contribution in [0.25, 0.3) is 0 Å². The van der Waals surface area contributed by atoms with E-state index in [0.29, 0.717) is 28.7 Å². The molecule has 6 nitrogen and oxygen atoms in total. The Morgan fingerprint density at radius 1 is 1.04 bits per heavy atom. The maximum atomic E-state index is 12.2. The van der Waals surface area contributed by atoms with Crippen LogP contribution in [0.15, 0.2) is 36.7 Å². The number of anilines is 2. The summed E-state index contributed by atoms with van der Waals surface area (Å²) >= 11 is 12.1. The summed E-state index contributed by atoms with van der Waals surface area (Å²) in [5.74, 6) is 0.664. The minimum atomic E-state index is -0.0937. The topological polar surface area (TPSA) is 61.4 Å². The van der Waals surface area contributed by atoms with Crippen molar-refractivity contribution in [3.63, 3.8) is 0 Å². The van der Waals surface area contributed by atoms with Crippen molar-refractivity contribution in [3.05, 3.63) is 46.7 Å². The van der Waals surface area contributed by atoms with Crippen LogP contribution in [0.5, 0.6) is 0 Å². The Labute approximate surface area is 156 Å². The number of carbonyl (C=O) groups is 1. The molecular weight excluding hydrogens is 361 g/mol. The van der Waals surface area contributed by atoms with Crippen LogP contribution in [0.3, 0.4) is 0 Å². The predicted octanol–water partition coefficient (Wildman–Crippen LogP) is 2.93. The fraction of sp³-hybridized carbons (Fsp3) is 0.353. The van der Waals surface area contributed by atoms with Crippen LogP contribution >= 0.6 is 23.2 Å². The molecule has 1 saturated heterocycles. The summed E-state index contributed by atoms with van der Waals surface area (Å²) in [7, 11) is 0. The maximum absolute atomic E-state index is 12.2. The van der Waals surface area contributed by atoms with E-state index in [1.807, 2.05) is 6.07 Å². The largest absolute Gasteiger partial charge is 0.338 e. The first kappa shape index (κ1) is 17.9. The van der Waals surface area contributed by atoms with Gasteiger partial charge in [0.15, 0.2) is 0 Å². The Kier molecular flexibility index (Phi) is 6.07. The van der Waals surface area contributed by atoms with Gasteiger partial charge in [0, 0.05) is 51.5 Å². The molecule has 0 unspecified atom stereocenters. The van der Waals surface area contributed by atoms with Crippen LogP contribution < -0.4 is 10.2 Å². The molecule has 8 heteroatoms. The van der Waals surface area contributed by atoms with Crippen LogP contribution in [-0.4, -0.2) is 53.5 Å². The monoisotopic (exact) mass is 379 g/mol. The van der Waals surface area contributed by atoms with Crippen molar-refractivity contribution in [1.82, 2.24) is 14.9 Å². The summed E-state index contributed by atoms with van der Waals surface area (Å²) in [6, 6.07) is 6.96. The molecule has 2 aromatic rings.